The van der Waals surface area contributed by atoms with Crippen molar-refractivity contribution in [2.45, 2.75) is 39.0 Å². The lowest BCUT2D eigenvalue weighted by Crippen LogP contribution is -2.33. The van der Waals surface area contributed by atoms with E-state index in [1.54, 1.807) is 12.1 Å². The molecule has 2 rings (SSSR count). The SMILES string of the molecule is CCC1(C(=O)Nc2ccc(Cl)cc2Br)CCCC1. The average molecular weight is 331 g/mol. The van der Waals surface area contributed by atoms with Gasteiger partial charge in [0.15, 0.2) is 0 Å². The van der Waals surface area contributed by atoms with Crippen molar-refractivity contribution < 1.29 is 4.79 Å². The van der Waals surface area contributed by atoms with Crippen LogP contribution >= 0.6 is 27.5 Å². The molecular formula is C14H17BrClNO. The van der Waals surface area contributed by atoms with Crippen molar-refractivity contribution in [3.8, 4) is 0 Å². The Bertz CT molecular complexity index is 455. The van der Waals surface area contributed by atoms with Gasteiger partial charge < -0.3 is 5.32 Å². The summed E-state index contributed by atoms with van der Waals surface area (Å²) in [7, 11) is 0. The van der Waals surface area contributed by atoms with Crippen molar-refractivity contribution >= 4 is 39.1 Å². The fourth-order valence-electron chi connectivity index (χ4n) is 2.64. The molecule has 0 aliphatic heterocycles. The number of nitrogens with one attached hydrogen (secondary N) is 1. The molecule has 18 heavy (non-hydrogen) atoms. The first-order valence-corrected chi connectivity index (χ1v) is 7.51. The molecule has 2 nitrogen and oxygen atoms in total. The predicted octanol–water partition coefficient (Wildman–Crippen LogP) is 5.01. The van der Waals surface area contributed by atoms with Gasteiger partial charge in [0.2, 0.25) is 5.91 Å². The molecule has 1 aliphatic rings. The highest BCUT2D eigenvalue weighted by atomic mass is 79.9. The van der Waals surface area contributed by atoms with Crippen LogP contribution in [0, 0.1) is 5.41 Å². The van der Waals surface area contributed by atoms with Crippen LogP contribution in [0.25, 0.3) is 0 Å². The number of hydrogen-bond donors (Lipinski definition) is 1. The van der Waals surface area contributed by atoms with Gasteiger partial charge in [-0.05, 0) is 53.4 Å². The molecule has 1 N–H and O–H groups in total. The van der Waals surface area contributed by atoms with E-state index in [4.69, 9.17) is 11.6 Å². The molecule has 1 aliphatic carbocycles. The third kappa shape index (κ3) is 2.72. The van der Waals surface area contributed by atoms with Crippen molar-refractivity contribution in [2.75, 3.05) is 5.32 Å². The summed E-state index contributed by atoms with van der Waals surface area (Å²) in [6.45, 7) is 2.10. The van der Waals surface area contributed by atoms with E-state index in [1.165, 1.54) is 0 Å². The lowest BCUT2D eigenvalue weighted by atomic mass is 9.82. The van der Waals surface area contributed by atoms with Crippen molar-refractivity contribution in [1.29, 1.82) is 0 Å². The Hall–Kier alpha value is -0.540. The highest BCUT2D eigenvalue weighted by Gasteiger charge is 2.39. The molecule has 0 heterocycles. The van der Waals surface area contributed by atoms with Gasteiger partial charge in [-0.3, -0.25) is 4.79 Å². The molecule has 1 aromatic rings. The van der Waals surface area contributed by atoms with E-state index in [0.717, 1.165) is 42.3 Å². The smallest absolute Gasteiger partial charge is 0.230 e. The van der Waals surface area contributed by atoms with Crippen LogP contribution in [-0.2, 0) is 4.79 Å². The molecule has 0 saturated heterocycles. The molecule has 98 valence electrons. The molecule has 1 aromatic carbocycles. The van der Waals surface area contributed by atoms with Crippen LogP contribution in [0.3, 0.4) is 0 Å². The Kier molecular flexibility index (Phi) is 4.33. The van der Waals surface area contributed by atoms with Gasteiger partial charge in [0.05, 0.1) is 5.69 Å². The number of rotatable bonds is 3. The van der Waals surface area contributed by atoms with Crippen LogP contribution in [0.2, 0.25) is 5.02 Å². The van der Waals surface area contributed by atoms with E-state index in [0.29, 0.717) is 5.02 Å². The van der Waals surface area contributed by atoms with Gasteiger partial charge in [0, 0.05) is 14.9 Å². The molecular weight excluding hydrogens is 314 g/mol. The van der Waals surface area contributed by atoms with E-state index in [9.17, 15) is 4.79 Å². The molecule has 0 spiro atoms. The third-order valence-corrected chi connectivity index (χ3v) is 4.79. The van der Waals surface area contributed by atoms with Crippen LogP contribution in [0.5, 0.6) is 0 Å². The number of benzene rings is 1. The minimum Gasteiger partial charge on any atom is -0.325 e. The Morgan fingerprint density at radius 3 is 2.67 bits per heavy atom. The van der Waals surface area contributed by atoms with Gasteiger partial charge in [-0.25, -0.2) is 0 Å². The average Bonchev–Trinajstić information content (AvgIpc) is 2.82. The Morgan fingerprint density at radius 1 is 1.44 bits per heavy atom. The maximum Gasteiger partial charge on any atom is 0.230 e. The normalized spacial score (nSPS) is 17.7. The largest absolute Gasteiger partial charge is 0.325 e. The first-order valence-electron chi connectivity index (χ1n) is 6.34. The van der Waals surface area contributed by atoms with Crippen LogP contribution in [0.15, 0.2) is 22.7 Å². The summed E-state index contributed by atoms with van der Waals surface area (Å²) in [5.74, 6) is 0.144. The second-order valence-corrected chi connectivity index (χ2v) is 6.21. The number of amides is 1. The standard InChI is InChI=1S/C14H17BrClNO/c1-2-14(7-3-4-8-14)13(18)17-12-6-5-10(16)9-11(12)15/h5-6,9H,2-4,7-8H2,1H3,(H,17,18). The number of anilines is 1. The van der Waals surface area contributed by atoms with Gasteiger partial charge in [-0.15, -0.1) is 0 Å². The number of carbonyl (C=O) groups is 1. The van der Waals surface area contributed by atoms with Gasteiger partial charge in [0.1, 0.15) is 0 Å². The van der Waals surface area contributed by atoms with E-state index in [2.05, 4.69) is 28.2 Å². The number of hydrogen-bond acceptors (Lipinski definition) is 1. The summed E-state index contributed by atoms with van der Waals surface area (Å²) in [5, 5.41) is 3.68. The number of carbonyl (C=O) groups excluding carboxylic acids is 1. The topological polar surface area (TPSA) is 29.1 Å². The molecule has 0 unspecified atom stereocenters. The zero-order chi connectivity index (χ0) is 13.2. The maximum absolute atomic E-state index is 12.4. The zero-order valence-electron chi connectivity index (χ0n) is 10.4. The quantitative estimate of drug-likeness (QED) is 0.829. The lowest BCUT2D eigenvalue weighted by Gasteiger charge is -2.26. The summed E-state index contributed by atoms with van der Waals surface area (Å²) in [6.07, 6.45) is 5.22. The Morgan fingerprint density at radius 2 is 2.11 bits per heavy atom. The van der Waals surface area contributed by atoms with Crippen molar-refractivity contribution in [2.24, 2.45) is 5.41 Å². The van der Waals surface area contributed by atoms with Crippen LogP contribution in [0.1, 0.15) is 39.0 Å². The monoisotopic (exact) mass is 329 g/mol. The van der Waals surface area contributed by atoms with Crippen LogP contribution in [-0.4, -0.2) is 5.91 Å². The maximum atomic E-state index is 12.4. The minimum atomic E-state index is -0.168. The highest BCUT2D eigenvalue weighted by molar-refractivity contribution is 9.10. The molecule has 1 amide bonds. The Balaban J connectivity index is 2.15. The molecule has 0 aromatic heterocycles. The second kappa shape index (κ2) is 5.62. The van der Waals surface area contributed by atoms with Crippen LogP contribution < -0.4 is 5.32 Å². The van der Waals surface area contributed by atoms with Crippen LogP contribution in [0.4, 0.5) is 5.69 Å². The molecule has 0 bridgehead atoms. The summed E-state index contributed by atoms with van der Waals surface area (Å²) in [4.78, 5) is 12.4. The molecule has 1 saturated carbocycles. The van der Waals surface area contributed by atoms with E-state index in [-0.39, 0.29) is 11.3 Å². The first-order chi connectivity index (χ1) is 8.57. The highest BCUT2D eigenvalue weighted by Crippen LogP contribution is 2.42. The second-order valence-electron chi connectivity index (χ2n) is 4.92. The number of halogens is 2. The van der Waals surface area contributed by atoms with Crippen molar-refractivity contribution in [3.63, 3.8) is 0 Å². The summed E-state index contributed by atoms with van der Waals surface area (Å²) >= 11 is 9.32. The summed E-state index contributed by atoms with van der Waals surface area (Å²) in [6, 6.07) is 5.42. The molecule has 4 heteroatoms. The van der Waals surface area contributed by atoms with Crippen molar-refractivity contribution in [3.05, 3.63) is 27.7 Å². The predicted molar refractivity (Wildman–Crippen MR) is 79.0 cm³/mol. The Labute approximate surface area is 121 Å². The van der Waals surface area contributed by atoms with Gasteiger partial charge in [0.25, 0.3) is 0 Å². The minimum absolute atomic E-state index is 0.144. The van der Waals surface area contributed by atoms with E-state index >= 15 is 0 Å². The van der Waals surface area contributed by atoms with Gasteiger partial charge >= 0.3 is 0 Å². The van der Waals surface area contributed by atoms with E-state index in [1.807, 2.05) is 6.07 Å². The molecule has 0 atom stereocenters. The summed E-state index contributed by atoms with van der Waals surface area (Å²) in [5.41, 5.74) is 0.628. The zero-order valence-corrected chi connectivity index (χ0v) is 12.8. The first kappa shape index (κ1) is 13.9. The molecule has 1 fully saturated rings. The fourth-order valence-corrected chi connectivity index (χ4v) is 3.42. The summed E-state index contributed by atoms with van der Waals surface area (Å²) < 4.78 is 0.826. The fraction of sp³-hybridized carbons (Fsp3) is 0.500. The lowest BCUT2D eigenvalue weighted by molar-refractivity contribution is -0.125. The van der Waals surface area contributed by atoms with E-state index < -0.39 is 0 Å². The van der Waals surface area contributed by atoms with Crippen molar-refractivity contribution in [1.82, 2.24) is 0 Å². The van der Waals surface area contributed by atoms with Gasteiger partial charge in [-0.2, -0.15) is 0 Å². The molecule has 0 radical (unpaired) electrons. The third-order valence-electron chi connectivity index (χ3n) is 3.90. The van der Waals surface area contributed by atoms with Gasteiger partial charge in [-0.1, -0.05) is 31.4 Å².